The number of alkyl halides is 2. The molecule has 0 aliphatic heterocycles. The second-order valence-electron chi connectivity index (χ2n) is 7.59. The fourth-order valence-corrected chi connectivity index (χ4v) is 4.57. The van der Waals surface area contributed by atoms with Gasteiger partial charge in [0.2, 0.25) is 15.6 Å². The molecule has 1 spiro atoms. The average molecular weight is 448 g/mol. The van der Waals surface area contributed by atoms with E-state index in [9.17, 15) is 17.2 Å². The third kappa shape index (κ3) is 3.69. The molecule has 2 aliphatic rings. The van der Waals surface area contributed by atoms with Gasteiger partial charge in [-0.25, -0.2) is 8.42 Å². The maximum atomic E-state index is 12.9. The average Bonchev–Trinajstić information content (AvgIpc) is 3.42. The number of allylic oxidation sites excluding steroid dienone is 4. The third-order valence-corrected chi connectivity index (χ3v) is 7.08. The smallest absolute Gasteiger partial charge is 0.341 e. The van der Waals surface area contributed by atoms with E-state index >= 15 is 0 Å². The molecule has 4 rings (SSSR count). The van der Waals surface area contributed by atoms with Crippen molar-refractivity contribution in [2.45, 2.75) is 23.5 Å². The van der Waals surface area contributed by atoms with Gasteiger partial charge in [-0.15, -0.1) is 0 Å². The van der Waals surface area contributed by atoms with Crippen LogP contribution in [0.5, 0.6) is 17.2 Å². The van der Waals surface area contributed by atoms with Gasteiger partial charge in [0.15, 0.2) is 11.5 Å². The lowest BCUT2D eigenvalue weighted by Crippen LogP contribution is -2.11. The lowest BCUT2D eigenvalue weighted by molar-refractivity contribution is 0.234. The summed E-state index contributed by atoms with van der Waals surface area (Å²) < 4.78 is 65.6. The molecule has 0 atom stereocenters. The molecule has 0 unspecified atom stereocenters. The Morgan fingerprint density at radius 3 is 1.77 bits per heavy atom. The van der Waals surface area contributed by atoms with Crippen LogP contribution in [0.3, 0.4) is 0 Å². The first kappa shape index (κ1) is 21.4. The summed E-state index contributed by atoms with van der Waals surface area (Å²) in [5, 5.41) is 0. The van der Waals surface area contributed by atoms with E-state index in [1.54, 1.807) is 26.4 Å². The predicted octanol–water partition coefficient (Wildman–Crippen LogP) is 4.97. The number of halogens is 2. The first-order valence-corrected chi connectivity index (χ1v) is 11.2. The fourth-order valence-electron chi connectivity index (χ4n) is 3.85. The second-order valence-corrected chi connectivity index (χ2v) is 9.51. The van der Waals surface area contributed by atoms with Crippen molar-refractivity contribution >= 4 is 21.0 Å². The zero-order valence-electron chi connectivity index (χ0n) is 17.3. The second kappa shape index (κ2) is 7.67. The largest absolute Gasteiger partial charge is 0.493 e. The Balaban J connectivity index is 1.78. The molecule has 2 aromatic rings. The third-order valence-electron chi connectivity index (χ3n) is 5.69. The van der Waals surface area contributed by atoms with E-state index in [0.29, 0.717) is 17.2 Å². The van der Waals surface area contributed by atoms with Gasteiger partial charge in [-0.2, -0.15) is 8.78 Å². The van der Waals surface area contributed by atoms with Gasteiger partial charge in [0.05, 0.1) is 26.2 Å². The molecule has 0 radical (unpaired) electrons. The minimum atomic E-state index is -4.63. The van der Waals surface area contributed by atoms with E-state index < -0.39 is 20.5 Å². The van der Waals surface area contributed by atoms with Crippen molar-refractivity contribution in [3.05, 3.63) is 59.7 Å². The molecule has 1 saturated carbocycles. The highest BCUT2D eigenvalue weighted by Crippen LogP contribution is 2.58. The maximum Gasteiger partial charge on any atom is 0.341 e. The van der Waals surface area contributed by atoms with Crippen LogP contribution in [0.25, 0.3) is 11.1 Å². The summed E-state index contributed by atoms with van der Waals surface area (Å²) in [6.07, 6.45) is 6.37. The number of rotatable bonds is 7. The Bertz CT molecular complexity index is 1150. The van der Waals surface area contributed by atoms with Gasteiger partial charge in [0.25, 0.3) is 0 Å². The minimum absolute atomic E-state index is 0.0290. The molecule has 0 amide bonds. The van der Waals surface area contributed by atoms with E-state index in [0.717, 1.165) is 35.1 Å². The summed E-state index contributed by atoms with van der Waals surface area (Å²) in [5.41, 5.74) is 3.43. The van der Waals surface area contributed by atoms with E-state index in [2.05, 4.69) is 12.2 Å². The molecular formula is C23H22F2O5S. The SMILES string of the molecule is COc1cc(C2=CC3(C=C2c2ccc(S(=O)(=O)C(F)F)cc2)CC3)cc(OC)c1OC. The van der Waals surface area contributed by atoms with Crippen LogP contribution in [0.15, 0.2) is 53.4 Å². The standard InChI is InChI=1S/C23H22F2O5S/c1-28-19-10-15(11-20(29-2)21(19)30-3)18-13-23(8-9-23)12-17(18)14-4-6-16(7-5-14)31(26,27)22(24)25/h4-7,10-13,22H,8-9H2,1-3H3. The summed E-state index contributed by atoms with van der Waals surface area (Å²) in [6, 6.07) is 9.30. The highest BCUT2D eigenvalue weighted by atomic mass is 32.2. The van der Waals surface area contributed by atoms with Crippen LogP contribution in [0, 0.1) is 5.41 Å². The van der Waals surface area contributed by atoms with E-state index in [4.69, 9.17) is 14.2 Å². The highest BCUT2D eigenvalue weighted by Gasteiger charge is 2.43. The number of sulfone groups is 1. The number of ether oxygens (including phenoxy) is 3. The zero-order valence-corrected chi connectivity index (χ0v) is 18.1. The van der Waals surface area contributed by atoms with Crippen LogP contribution in [0.2, 0.25) is 0 Å². The molecule has 0 bridgehead atoms. The Kier molecular flexibility index (Phi) is 5.29. The Hall–Kier alpha value is -2.87. The van der Waals surface area contributed by atoms with E-state index in [1.165, 1.54) is 19.2 Å². The van der Waals surface area contributed by atoms with Gasteiger partial charge in [-0.3, -0.25) is 0 Å². The van der Waals surface area contributed by atoms with Crippen LogP contribution in [0.1, 0.15) is 24.0 Å². The molecule has 8 heteroatoms. The van der Waals surface area contributed by atoms with Crippen molar-refractivity contribution in [1.29, 1.82) is 0 Å². The van der Waals surface area contributed by atoms with Crippen molar-refractivity contribution in [1.82, 2.24) is 0 Å². The van der Waals surface area contributed by atoms with Crippen molar-refractivity contribution in [2.24, 2.45) is 5.41 Å². The van der Waals surface area contributed by atoms with Gasteiger partial charge in [0, 0.05) is 5.41 Å². The van der Waals surface area contributed by atoms with Gasteiger partial charge < -0.3 is 14.2 Å². The van der Waals surface area contributed by atoms with Crippen LogP contribution in [-0.4, -0.2) is 35.5 Å². The van der Waals surface area contributed by atoms with E-state index in [1.807, 2.05) is 12.1 Å². The fraction of sp³-hybridized carbons (Fsp3) is 0.304. The molecule has 0 aromatic heterocycles. The zero-order chi connectivity index (χ0) is 22.4. The van der Waals surface area contributed by atoms with Crippen molar-refractivity contribution in [3.8, 4) is 17.2 Å². The summed E-state index contributed by atoms with van der Waals surface area (Å²) in [6.45, 7) is 0. The molecular weight excluding hydrogens is 426 g/mol. The van der Waals surface area contributed by atoms with Crippen LogP contribution in [-0.2, 0) is 9.84 Å². The van der Waals surface area contributed by atoms with Crippen LogP contribution >= 0.6 is 0 Å². The predicted molar refractivity (Wildman–Crippen MR) is 113 cm³/mol. The molecule has 1 fully saturated rings. The molecule has 2 aliphatic carbocycles. The summed E-state index contributed by atoms with van der Waals surface area (Å²) in [4.78, 5) is -0.399. The van der Waals surface area contributed by atoms with Gasteiger partial charge in [-0.05, 0) is 59.4 Å². The number of benzene rings is 2. The Morgan fingerprint density at radius 2 is 1.35 bits per heavy atom. The molecule has 5 nitrogen and oxygen atoms in total. The first-order chi connectivity index (χ1) is 14.7. The summed E-state index contributed by atoms with van der Waals surface area (Å²) in [7, 11) is -0.00326. The Morgan fingerprint density at radius 1 is 0.839 bits per heavy atom. The number of hydrogen-bond acceptors (Lipinski definition) is 5. The van der Waals surface area contributed by atoms with Gasteiger partial charge in [0.1, 0.15) is 0 Å². The van der Waals surface area contributed by atoms with Gasteiger partial charge >= 0.3 is 5.76 Å². The highest BCUT2D eigenvalue weighted by molar-refractivity contribution is 7.91. The lowest BCUT2D eigenvalue weighted by atomic mass is 9.94. The lowest BCUT2D eigenvalue weighted by Gasteiger charge is -2.16. The number of hydrogen-bond donors (Lipinski definition) is 0. The monoisotopic (exact) mass is 448 g/mol. The van der Waals surface area contributed by atoms with Crippen LogP contribution < -0.4 is 14.2 Å². The molecule has 164 valence electrons. The summed E-state index contributed by atoms with van der Waals surface area (Å²) >= 11 is 0. The quantitative estimate of drug-likeness (QED) is 0.599. The normalized spacial score (nSPS) is 16.8. The molecule has 2 aromatic carbocycles. The Labute approximate surface area is 179 Å². The molecule has 0 N–H and O–H groups in total. The molecule has 0 saturated heterocycles. The van der Waals surface area contributed by atoms with Crippen molar-refractivity contribution < 1.29 is 31.4 Å². The minimum Gasteiger partial charge on any atom is -0.493 e. The number of methoxy groups -OCH3 is 3. The molecule has 31 heavy (non-hydrogen) atoms. The van der Waals surface area contributed by atoms with Gasteiger partial charge in [-0.1, -0.05) is 24.3 Å². The maximum absolute atomic E-state index is 12.9. The van der Waals surface area contributed by atoms with E-state index in [-0.39, 0.29) is 5.41 Å². The summed E-state index contributed by atoms with van der Waals surface area (Å²) in [5.74, 6) is -1.92. The molecule has 0 heterocycles. The first-order valence-electron chi connectivity index (χ1n) is 9.63. The van der Waals surface area contributed by atoms with Crippen molar-refractivity contribution in [3.63, 3.8) is 0 Å². The van der Waals surface area contributed by atoms with Crippen molar-refractivity contribution in [2.75, 3.05) is 21.3 Å². The topological polar surface area (TPSA) is 61.8 Å². The van der Waals surface area contributed by atoms with Crippen LogP contribution in [0.4, 0.5) is 8.78 Å².